The van der Waals surface area contributed by atoms with E-state index in [0.717, 1.165) is 22.3 Å². The lowest BCUT2D eigenvalue weighted by Gasteiger charge is -2.24. The number of pyridine rings is 2. The maximum atomic E-state index is 11.3. The van der Waals surface area contributed by atoms with Crippen molar-refractivity contribution in [2.24, 2.45) is 5.73 Å². The number of benzene rings is 2. The number of aliphatic hydroxyl groups is 1. The molecule has 3 N–H and O–H groups in total. The molecular formula is C23H17N3O. The van der Waals surface area contributed by atoms with Crippen LogP contribution in [-0.2, 0) is 5.72 Å². The molecule has 0 radical (unpaired) electrons. The fourth-order valence-electron chi connectivity index (χ4n) is 3.84. The molecule has 1 aliphatic rings. The van der Waals surface area contributed by atoms with E-state index in [2.05, 4.69) is 9.97 Å². The van der Waals surface area contributed by atoms with E-state index in [1.165, 1.54) is 0 Å². The minimum absolute atomic E-state index is 0.579. The molecule has 1 aliphatic carbocycles. The SMILES string of the molecule is NC1(O)c2cccnc2-c2ncc(-c3ccccc3)c(-c3ccccc3)c21. The van der Waals surface area contributed by atoms with Gasteiger partial charge in [0.05, 0.1) is 11.4 Å². The predicted octanol–water partition coefficient (Wildman–Crippen LogP) is 3.94. The van der Waals surface area contributed by atoms with Crippen LogP contribution >= 0.6 is 0 Å². The molecule has 0 saturated heterocycles. The Morgan fingerprint density at radius 3 is 2.11 bits per heavy atom. The summed E-state index contributed by atoms with van der Waals surface area (Å²) in [6.07, 6.45) is 3.54. The molecular weight excluding hydrogens is 334 g/mol. The number of nitrogens with two attached hydrogens (primary N) is 1. The fraction of sp³-hybridized carbons (Fsp3) is 0.0435. The first kappa shape index (κ1) is 15.9. The van der Waals surface area contributed by atoms with E-state index < -0.39 is 5.72 Å². The molecule has 130 valence electrons. The van der Waals surface area contributed by atoms with E-state index in [4.69, 9.17) is 5.73 Å². The number of hydrogen-bond acceptors (Lipinski definition) is 4. The molecule has 4 heteroatoms. The number of rotatable bonds is 2. The van der Waals surface area contributed by atoms with Gasteiger partial charge in [0.15, 0.2) is 5.72 Å². The highest BCUT2D eigenvalue weighted by Gasteiger charge is 2.43. The third-order valence-electron chi connectivity index (χ3n) is 5.05. The van der Waals surface area contributed by atoms with Gasteiger partial charge in [0.2, 0.25) is 0 Å². The summed E-state index contributed by atoms with van der Waals surface area (Å²) < 4.78 is 0. The van der Waals surface area contributed by atoms with E-state index in [1.54, 1.807) is 18.3 Å². The fourth-order valence-corrected chi connectivity index (χ4v) is 3.84. The Balaban J connectivity index is 1.90. The van der Waals surface area contributed by atoms with Crippen molar-refractivity contribution in [1.82, 2.24) is 9.97 Å². The summed E-state index contributed by atoms with van der Waals surface area (Å²) in [5.74, 6) is 0. The summed E-state index contributed by atoms with van der Waals surface area (Å²) in [4.78, 5) is 9.09. The zero-order valence-corrected chi connectivity index (χ0v) is 14.5. The first-order valence-corrected chi connectivity index (χ1v) is 8.79. The Labute approximate surface area is 157 Å². The topological polar surface area (TPSA) is 72.0 Å². The Kier molecular flexibility index (Phi) is 3.44. The van der Waals surface area contributed by atoms with Gasteiger partial charge < -0.3 is 5.11 Å². The minimum Gasteiger partial charge on any atom is -0.367 e. The first-order valence-electron chi connectivity index (χ1n) is 8.79. The van der Waals surface area contributed by atoms with Crippen LogP contribution in [-0.4, -0.2) is 15.1 Å². The maximum Gasteiger partial charge on any atom is 0.171 e. The van der Waals surface area contributed by atoms with Gasteiger partial charge in [0.25, 0.3) is 0 Å². The van der Waals surface area contributed by atoms with Crippen LogP contribution < -0.4 is 5.73 Å². The average molecular weight is 351 g/mol. The summed E-state index contributed by atoms with van der Waals surface area (Å²) in [5.41, 5.74) is 11.1. The van der Waals surface area contributed by atoms with E-state index in [0.29, 0.717) is 22.5 Å². The molecule has 2 heterocycles. The predicted molar refractivity (Wildman–Crippen MR) is 106 cm³/mol. The van der Waals surface area contributed by atoms with Crippen molar-refractivity contribution in [2.75, 3.05) is 0 Å². The Morgan fingerprint density at radius 1 is 0.741 bits per heavy atom. The molecule has 4 nitrogen and oxygen atoms in total. The molecule has 0 spiro atoms. The minimum atomic E-state index is -1.65. The third kappa shape index (κ3) is 2.31. The summed E-state index contributed by atoms with van der Waals surface area (Å²) in [5, 5.41) is 11.3. The van der Waals surface area contributed by atoms with Gasteiger partial charge in [-0.3, -0.25) is 15.7 Å². The molecule has 0 aliphatic heterocycles. The lowest BCUT2D eigenvalue weighted by molar-refractivity contribution is 0.0937. The van der Waals surface area contributed by atoms with E-state index in [1.807, 2.05) is 66.9 Å². The van der Waals surface area contributed by atoms with Crippen LogP contribution in [0.3, 0.4) is 0 Å². The van der Waals surface area contributed by atoms with Crippen LogP contribution in [0.1, 0.15) is 11.1 Å². The van der Waals surface area contributed by atoms with Crippen molar-refractivity contribution in [3.63, 3.8) is 0 Å². The monoisotopic (exact) mass is 351 g/mol. The molecule has 5 rings (SSSR count). The van der Waals surface area contributed by atoms with E-state index >= 15 is 0 Å². The van der Waals surface area contributed by atoms with Crippen LogP contribution in [0.2, 0.25) is 0 Å². The molecule has 2 aromatic carbocycles. The Bertz CT molecular complexity index is 1140. The normalized spacial score (nSPS) is 17.4. The van der Waals surface area contributed by atoms with Crippen LogP contribution in [0.4, 0.5) is 0 Å². The third-order valence-corrected chi connectivity index (χ3v) is 5.05. The molecule has 4 aromatic rings. The first-order chi connectivity index (χ1) is 13.2. The number of fused-ring (bicyclic) bond motifs is 3. The van der Waals surface area contributed by atoms with Crippen molar-refractivity contribution in [1.29, 1.82) is 0 Å². The van der Waals surface area contributed by atoms with Crippen molar-refractivity contribution in [3.8, 4) is 33.6 Å². The van der Waals surface area contributed by atoms with Gasteiger partial charge >= 0.3 is 0 Å². The average Bonchev–Trinajstić information content (AvgIpc) is 2.96. The molecule has 2 aromatic heterocycles. The van der Waals surface area contributed by atoms with Gasteiger partial charge in [0.1, 0.15) is 0 Å². The summed E-state index contributed by atoms with van der Waals surface area (Å²) >= 11 is 0. The van der Waals surface area contributed by atoms with E-state index in [-0.39, 0.29) is 0 Å². The van der Waals surface area contributed by atoms with E-state index in [9.17, 15) is 5.11 Å². The van der Waals surface area contributed by atoms with Crippen molar-refractivity contribution < 1.29 is 5.11 Å². The van der Waals surface area contributed by atoms with Crippen LogP contribution in [0.25, 0.3) is 33.6 Å². The molecule has 27 heavy (non-hydrogen) atoms. The number of hydrogen-bond donors (Lipinski definition) is 2. The molecule has 0 fully saturated rings. The summed E-state index contributed by atoms with van der Waals surface area (Å²) in [6.45, 7) is 0. The Hall–Kier alpha value is -3.34. The second-order valence-electron chi connectivity index (χ2n) is 6.67. The number of nitrogens with zero attached hydrogens (tertiary/aromatic N) is 2. The standard InChI is InChI=1S/C23H17N3O/c24-23(27)18-12-7-13-25-21(18)22-20(23)19(16-10-5-2-6-11-16)17(14-26-22)15-8-3-1-4-9-15/h1-14,27H,24H2. The molecule has 0 bridgehead atoms. The summed E-state index contributed by atoms with van der Waals surface area (Å²) in [7, 11) is 0. The number of aromatic nitrogens is 2. The molecule has 1 atom stereocenters. The van der Waals surface area contributed by atoms with Crippen molar-refractivity contribution in [3.05, 3.63) is 96.3 Å². The summed E-state index contributed by atoms with van der Waals surface area (Å²) in [6, 6.07) is 23.6. The maximum absolute atomic E-state index is 11.3. The van der Waals surface area contributed by atoms with Gasteiger partial charge in [-0.15, -0.1) is 0 Å². The van der Waals surface area contributed by atoms with Gasteiger partial charge in [0, 0.05) is 34.6 Å². The molecule has 0 saturated carbocycles. The van der Waals surface area contributed by atoms with Crippen molar-refractivity contribution in [2.45, 2.75) is 5.72 Å². The quantitative estimate of drug-likeness (QED) is 0.537. The lowest BCUT2D eigenvalue weighted by atomic mass is 9.88. The van der Waals surface area contributed by atoms with Gasteiger partial charge in [-0.1, -0.05) is 66.7 Å². The van der Waals surface area contributed by atoms with Gasteiger partial charge in [-0.2, -0.15) is 0 Å². The largest absolute Gasteiger partial charge is 0.367 e. The zero-order valence-electron chi connectivity index (χ0n) is 14.5. The highest BCUT2D eigenvalue weighted by molar-refractivity contribution is 5.92. The van der Waals surface area contributed by atoms with Crippen LogP contribution in [0.15, 0.2) is 85.2 Å². The van der Waals surface area contributed by atoms with Crippen molar-refractivity contribution >= 4 is 0 Å². The second kappa shape index (κ2) is 5.84. The highest BCUT2D eigenvalue weighted by atomic mass is 16.3. The Morgan fingerprint density at radius 2 is 1.41 bits per heavy atom. The highest BCUT2D eigenvalue weighted by Crippen LogP contribution is 2.49. The second-order valence-corrected chi connectivity index (χ2v) is 6.67. The van der Waals surface area contributed by atoms with Gasteiger partial charge in [-0.05, 0) is 17.2 Å². The molecule has 0 amide bonds. The lowest BCUT2D eigenvalue weighted by Crippen LogP contribution is -2.36. The zero-order chi connectivity index (χ0) is 18.4. The van der Waals surface area contributed by atoms with Crippen LogP contribution in [0, 0.1) is 0 Å². The van der Waals surface area contributed by atoms with Crippen LogP contribution in [0.5, 0.6) is 0 Å². The molecule has 1 unspecified atom stereocenters. The smallest absolute Gasteiger partial charge is 0.171 e. The van der Waals surface area contributed by atoms with Gasteiger partial charge in [-0.25, -0.2) is 0 Å².